The lowest BCUT2D eigenvalue weighted by Gasteiger charge is -2.20. The zero-order valence-electron chi connectivity index (χ0n) is 24.5. The van der Waals surface area contributed by atoms with E-state index < -0.39 is 18.6 Å². The smallest absolute Gasteiger partial charge is 0.416 e. The highest BCUT2D eigenvalue weighted by atomic mass is 16.6. The molecule has 0 fully saturated rings. The number of aliphatic carboxylic acids is 1. The standard InChI is InChI=1S/C36H34N2O6/c1-26-33(37-35(43-26)30-12-6-3-7-13-30)21-22-42-32-14-8-11-29(23-32)24-38(25-34(39)40)36(41)44-31-19-17-28(18-20-31)16-15-27-9-4-2-5-10-27/h2-14,17-20,23H,15-16,21-22,24-25H2,1H3,(H,39,40). The van der Waals surface area contributed by atoms with E-state index in [2.05, 4.69) is 17.1 Å². The van der Waals surface area contributed by atoms with Gasteiger partial charge in [0.05, 0.1) is 12.3 Å². The van der Waals surface area contributed by atoms with Gasteiger partial charge in [0, 0.05) is 18.5 Å². The molecular weight excluding hydrogens is 556 g/mol. The first kappa shape index (κ1) is 30.1. The van der Waals surface area contributed by atoms with Crippen LogP contribution in [0.2, 0.25) is 0 Å². The zero-order chi connectivity index (χ0) is 30.7. The van der Waals surface area contributed by atoms with Gasteiger partial charge in [-0.1, -0.05) is 72.8 Å². The van der Waals surface area contributed by atoms with Crippen molar-refractivity contribution in [1.29, 1.82) is 0 Å². The van der Waals surface area contributed by atoms with E-state index in [9.17, 15) is 14.7 Å². The molecule has 0 saturated carbocycles. The number of benzene rings is 4. The van der Waals surface area contributed by atoms with E-state index in [1.54, 1.807) is 24.3 Å². The van der Waals surface area contributed by atoms with Crippen molar-refractivity contribution in [3.8, 4) is 23.0 Å². The van der Waals surface area contributed by atoms with E-state index in [4.69, 9.17) is 13.9 Å². The van der Waals surface area contributed by atoms with E-state index in [1.807, 2.05) is 79.7 Å². The average molecular weight is 591 g/mol. The van der Waals surface area contributed by atoms with Crippen LogP contribution >= 0.6 is 0 Å². The van der Waals surface area contributed by atoms with Crippen molar-refractivity contribution in [2.24, 2.45) is 0 Å². The molecule has 1 amide bonds. The summed E-state index contributed by atoms with van der Waals surface area (Å²) in [6.45, 7) is 1.79. The largest absolute Gasteiger partial charge is 0.493 e. The van der Waals surface area contributed by atoms with Crippen LogP contribution in [-0.4, -0.2) is 40.2 Å². The quantitative estimate of drug-likeness (QED) is 0.155. The molecule has 0 bridgehead atoms. The molecule has 1 aromatic heterocycles. The van der Waals surface area contributed by atoms with Gasteiger partial charge < -0.3 is 19.0 Å². The minimum absolute atomic E-state index is 0.0420. The number of aromatic nitrogens is 1. The fourth-order valence-electron chi connectivity index (χ4n) is 4.75. The molecule has 1 heterocycles. The van der Waals surface area contributed by atoms with E-state index in [1.165, 1.54) is 5.56 Å². The van der Waals surface area contributed by atoms with E-state index in [0.29, 0.717) is 36.0 Å². The molecule has 1 N–H and O–H groups in total. The third-order valence-corrected chi connectivity index (χ3v) is 7.05. The second-order valence-electron chi connectivity index (χ2n) is 10.4. The van der Waals surface area contributed by atoms with Gasteiger partial charge in [0.15, 0.2) is 0 Å². The highest BCUT2D eigenvalue weighted by Crippen LogP contribution is 2.23. The summed E-state index contributed by atoms with van der Waals surface area (Å²) in [7, 11) is 0. The predicted molar refractivity (Wildman–Crippen MR) is 167 cm³/mol. The molecule has 0 atom stereocenters. The lowest BCUT2D eigenvalue weighted by molar-refractivity contribution is -0.138. The predicted octanol–water partition coefficient (Wildman–Crippen LogP) is 7.14. The summed E-state index contributed by atoms with van der Waals surface area (Å²) in [5.41, 5.74) is 4.81. The SMILES string of the molecule is Cc1oc(-c2ccccc2)nc1CCOc1cccc(CN(CC(=O)O)C(=O)Oc2ccc(CCc3ccccc3)cc2)c1. The Labute approximate surface area is 256 Å². The monoisotopic (exact) mass is 590 g/mol. The molecule has 0 aliphatic rings. The Kier molecular flexibility index (Phi) is 10.0. The van der Waals surface area contributed by atoms with Gasteiger partial charge in [-0.05, 0) is 72.9 Å². The van der Waals surface area contributed by atoms with Crippen LogP contribution in [0.5, 0.6) is 11.5 Å². The molecule has 0 unspecified atom stereocenters. The van der Waals surface area contributed by atoms with Crippen LogP contribution in [0.4, 0.5) is 4.79 Å². The van der Waals surface area contributed by atoms with Gasteiger partial charge in [0.25, 0.3) is 0 Å². The topological polar surface area (TPSA) is 102 Å². The summed E-state index contributed by atoms with van der Waals surface area (Å²) in [6, 6.07) is 34.4. The molecular formula is C36H34N2O6. The van der Waals surface area contributed by atoms with Crippen LogP contribution in [-0.2, 0) is 30.6 Å². The van der Waals surface area contributed by atoms with E-state index in [-0.39, 0.29) is 6.54 Å². The van der Waals surface area contributed by atoms with E-state index >= 15 is 0 Å². The van der Waals surface area contributed by atoms with E-state index in [0.717, 1.165) is 40.3 Å². The number of carbonyl (C=O) groups is 2. The summed E-state index contributed by atoms with van der Waals surface area (Å²) in [4.78, 5) is 30.3. The van der Waals surface area contributed by atoms with Crippen molar-refractivity contribution in [3.05, 3.63) is 137 Å². The van der Waals surface area contributed by atoms with Crippen molar-refractivity contribution in [3.63, 3.8) is 0 Å². The summed E-state index contributed by atoms with van der Waals surface area (Å²) in [6.07, 6.45) is 1.57. The Bertz CT molecular complexity index is 1670. The third kappa shape index (κ3) is 8.58. The highest BCUT2D eigenvalue weighted by molar-refractivity contribution is 5.78. The summed E-state index contributed by atoms with van der Waals surface area (Å²) in [5.74, 6) is 1.13. The number of hydrogen-bond donors (Lipinski definition) is 1. The Hall–Kier alpha value is -5.37. The number of aryl methyl sites for hydroxylation is 3. The minimum atomic E-state index is -1.14. The van der Waals surface area contributed by atoms with Crippen LogP contribution in [0.3, 0.4) is 0 Å². The lowest BCUT2D eigenvalue weighted by atomic mass is 10.0. The van der Waals surface area contributed by atoms with Crippen LogP contribution in [0.25, 0.3) is 11.5 Å². The van der Waals surface area contributed by atoms with Crippen molar-refractivity contribution in [1.82, 2.24) is 9.88 Å². The Balaban J connectivity index is 1.15. The number of oxazole rings is 1. The molecule has 5 rings (SSSR count). The Morgan fingerprint density at radius 1 is 0.773 bits per heavy atom. The highest BCUT2D eigenvalue weighted by Gasteiger charge is 2.20. The second-order valence-corrected chi connectivity index (χ2v) is 10.4. The molecule has 0 aliphatic carbocycles. The molecule has 8 heteroatoms. The van der Waals surface area contributed by atoms with Crippen LogP contribution < -0.4 is 9.47 Å². The summed E-state index contributed by atoms with van der Waals surface area (Å²) in [5, 5.41) is 9.45. The fourth-order valence-corrected chi connectivity index (χ4v) is 4.75. The van der Waals surface area contributed by atoms with Gasteiger partial charge in [-0.3, -0.25) is 9.69 Å². The molecule has 5 aromatic rings. The van der Waals surface area contributed by atoms with Gasteiger partial charge >= 0.3 is 12.1 Å². The molecule has 0 saturated heterocycles. The summed E-state index contributed by atoms with van der Waals surface area (Å²) >= 11 is 0. The third-order valence-electron chi connectivity index (χ3n) is 7.05. The van der Waals surface area contributed by atoms with Crippen LogP contribution in [0.1, 0.15) is 28.1 Å². The maximum atomic E-state index is 13.0. The van der Waals surface area contributed by atoms with Crippen molar-refractivity contribution >= 4 is 12.1 Å². The number of carboxylic acid groups (broad SMARTS) is 1. The van der Waals surface area contributed by atoms with Crippen molar-refractivity contribution in [2.45, 2.75) is 32.7 Å². The fraction of sp³-hybridized carbons (Fsp3) is 0.194. The molecule has 8 nitrogen and oxygen atoms in total. The maximum Gasteiger partial charge on any atom is 0.416 e. The van der Waals surface area contributed by atoms with Crippen LogP contribution in [0.15, 0.2) is 114 Å². The van der Waals surface area contributed by atoms with Crippen molar-refractivity contribution in [2.75, 3.05) is 13.2 Å². The number of carboxylic acids is 1. The zero-order valence-corrected chi connectivity index (χ0v) is 24.5. The molecule has 4 aromatic carbocycles. The van der Waals surface area contributed by atoms with Crippen molar-refractivity contribution < 1.29 is 28.6 Å². The number of carbonyl (C=O) groups excluding carboxylic acids is 1. The van der Waals surface area contributed by atoms with Gasteiger partial charge in [-0.25, -0.2) is 9.78 Å². The molecule has 0 radical (unpaired) electrons. The number of nitrogens with zero attached hydrogens (tertiary/aromatic N) is 2. The first-order valence-electron chi connectivity index (χ1n) is 14.5. The number of ether oxygens (including phenoxy) is 2. The first-order valence-corrected chi connectivity index (χ1v) is 14.5. The maximum absolute atomic E-state index is 13.0. The van der Waals surface area contributed by atoms with Crippen LogP contribution in [0, 0.1) is 6.92 Å². The molecule has 44 heavy (non-hydrogen) atoms. The van der Waals surface area contributed by atoms with Gasteiger partial charge in [-0.15, -0.1) is 0 Å². The molecule has 0 aliphatic heterocycles. The minimum Gasteiger partial charge on any atom is -0.493 e. The molecule has 0 spiro atoms. The van der Waals surface area contributed by atoms with Gasteiger partial charge in [0.1, 0.15) is 23.8 Å². The second kappa shape index (κ2) is 14.7. The molecule has 224 valence electrons. The number of amides is 1. The van der Waals surface area contributed by atoms with Gasteiger partial charge in [0.2, 0.25) is 5.89 Å². The normalized spacial score (nSPS) is 10.8. The number of rotatable bonds is 13. The summed E-state index contributed by atoms with van der Waals surface area (Å²) < 4.78 is 17.3. The number of hydrogen-bond acceptors (Lipinski definition) is 6. The lowest BCUT2D eigenvalue weighted by Crippen LogP contribution is -2.37. The average Bonchev–Trinajstić information content (AvgIpc) is 3.41. The Morgan fingerprint density at radius 2 is 1.43 bits per heavy atom. The first-order chi connectivity index (χ1) is 21.4. The van der Waals surface area contributed by atoms with Gasteiger partial charge in [-0.2, -0.15) is 0 Å². The Morgan fingerprint density at radius 3 is 2.14 bits per heavy atom.